The van der Waals surface area contributed by atoms with E-state index in [2.05, 4.69) is 27.0 Å². The topological polar surface area (TPSA) is 66.9 Å². The molecule has 3 aromatic carbocycles. The number of halogens is 5. The summed E-state index contributed by atoms with van der Waals surface area (Å²) in [6.07, 6.45) is -1.40. The fourth-order valence-electron chi connectivity index (χ4n) is 5.33. The van der Waals surface area contributed by atoms with Gasteiger partial charge in [-0.3, -0.25) is 14.7 Å². The minimum Gasteiger partial charge on any atom is -0.495 e. The molecule has 2 heterocycles. The number of rotatable bonds is 7. The summed E-state index contributed by atoms with van der Waals surface area (Å²) in [7, 11) is 4.97. The van der Waals surface area contributed by atoms with E-state index in [0.717, 1.165) is 24.7 Å². The fraction of sp³-hybridized carbons (Fsp3) is 0.278. The molecule has 0 spiro atoms. The van der Waals surface area contributed by atoms with Crippen LogP contribution < -0.4 is 14.8 Å². The third-order valence-corrected chi connectivity index (χ3v) is 8.86. The molecular weight excluding hydrogens is 664 g/mol. The zero-order valence-corrected chi connectivity index (χ0v) is 28.3. The van der Waals surface area contributed by atoms with Crippen LogP contribution in [-0.4, -0.2) is 68.1 Å². The second-order valence-electron chi connectivity index (χ2n) is 11.4. The van der Waals surface area contributed by atoms with E-state index < -0.39 is 17.6 Å². The molecule has 1 amide bonds. The number of alkyl halides is 3. The molecule has 0 saturated carbocycles. The first-order valence-electron chi connectivity index (χ1n) is 15.0. The van der Waals surface area contributed by atoms with E-state index >= 15 is 0 Å². The number of aryl methyl sites for hydroxylation is 1. The number of carbonyl (C=O) groups excluding carboxylic acids is 1. The summed E-state index contributed by atoms with van der Waals surface area (Å²) < 4.78 is 53.0. The van der Waals surface area contributed by atoms with Crippen LogP contribution in [0.25, 0.3) is 11.1 Å². The maximum absolute atomic E-state index is 14.1. The molecule has 1 saturated heterocycles. The van der Waals surface area contributed by atoms with E-state index in [-0.39, 0.29) is 33.4 Å². The molecule has 5 rings (SSSR count). The van der Waals surface area contributed by atoms with Crippen molar-refractivity contribution in [2.24, 2.45) is 0 Å². The molecule has 0 aliphatic carbocycles. The van der Waals surface area contributed by atoms with Crippen LogP contribution in [0, 0.1) is 18.8 Å². The standard InChI is InChI=1S/C36H33Cl2F3N4O3/c1-22-5-7-25(35(46)43-28-10-9-26(29(17-28)36(39,40)41)21-45-13-11-44(2)12-14-45)16-24(22)8-6-23-15-27(20-42-19-23)32-33(37)30(47-3)18-31(48-4)34(32)38/h5,7,9-10,15-20H,11-14,21H2,1-4H3,(H,43,46). The molecule has 250 valence electrons. The number of piperazine rings is 1. The molecule has 0 atom stereocenters. The number of ether oxygens (including phenoxy) is 2. The zero-order valence-electron chi connectivity index (χ0n) is 26.8. The molecular formula is C36H33Cl2F3N4O3. The van der Waals surface area contributed by atoms with Gasteiger partial charge in [-0.1, -0.05) is 47.2 Å². The minimum atomic E-state index is -4.57. The van der Waals surface area contributed by atoms with E-state index in [1.165, 1.54) is 26.4 Å². The Kier molecular flexibility index (Phi) is 10.9. The molecule has 0 bridgehead atoms. The molecule has 12 heteroatoms. The van der Waals surface area contributed by atoms with Crippen molar-refractivity contribution in [3.8, 4) is 34.5 Å². The van der Waals surface area contributed by atoms with Gasteiger partial charge >= 0.3 is 6.18 Å². The molecule has 0 radical (unpaired) electrons. The van der Waals surface area contributed by atoms with Crippen LogP contribution in [0.2, 0.25) is 10.0 Å². The number of benzene rings is 3. The first-order chi connectivity index (χ1) is 22.9. The lowest BCUT2D eigenvalue weighted by molar-refractivity contribution is -0.138. The minimum absolute atomic E-state index is 0.0528. The average Bonchev–Trinajstić information content (AvgIpc) is 3.06. The van der Waals surface area contributed by atoms with Gasteiger partial charge in [0.25, 0.3) is 5.91 Å². The lowest BCUT2D eigenvalue weighted by Gasteiger charge is -2.33. The second kappa shape index (κ2) is 14.9. The Labute approximate surface area is 287 Å². The number of aromatic nitrogens is 1. The number of amides is 1. The normalized spacial score (nSPS) is 13.9. The van der Waals surface area contributed by atoms with Gasteiger partial charge in [-0.05, 0) is 55.4 Å². The van der Waals surface area contributed by atoms with Gasteiger partial charge in [-0.25, -0.2) is 0 Å². The van der Waals surface area contributed by atoms with Gasteiger partial charge in [0.05, 0.1) is 29.8 Å². The Morgan fingerprint density at radius 1 is 0.938 bits per heavy atom. The SMILES string of the molecule is COc1cc(OC)c(Cl)c(-c2cncc(C#Cc3cc(C(=O)Nc4ccc(CN5CCN(C)CC5)c(C(F)(F)F)c4)ccc3C)c2)c1Cl. The molecule has 4 aromatic rings. The van der Waals surface area contributed by atoms with Gasteiger partial charge in [0.15, 0.2) is 0 Å². The summed E-state index contributed by atoms with van der Waals surface area (Å²) in [5, 5.41) is 3.20. The van der Waals surface area contributed by atoms with Gasteiger partial charge in [-0.2, -0.15) is 13.2 Å². The summed E-state index contributed by atoms with van der Waals surface area (Å²) >= 11 is 13.2. The summed E-state index contributed by atoms with van der Waals surface area (Å²) in [6.45, 7) is 5.00. The Balaban J connectivity index is 1.37. The van der Waals surface area contributed by atoms with Crippen LogP contribution in [0.3, 0.4) is 0 Å². The Morgan fingerprint density at radius 2 is 1.62 bits per heavy atom. The lowest BCUT2D eigenvalue weighted by atomic mass is 10.0. The monoisotopic (exact) mass is 696 g/mol. The van der Waals surface area contributed by atoms with Crippen LogP contribution in [0.5, 0.6) is 11.5 Å². The molecule has 0 unspecified atom stereocenters. The van der Waals surface area contributed by atoms with E-state index in [4.69, 9.17) is 32.7 Å². The quantitative estimate of drug-likeness (QED) is 0.199. The number of nitrogens with zero attached hydrogens (tertiary/aromatic N) is 3. The Bertz CT molecular complexity index is 1870. The fourth-order valence-corrected chi connectivity index (χ4v) is 6.05. The van der Waals surface area contributed by atoms with E-state index in [1.807, 2.05) is 18.9 Å². The number of anilines is 1. The smallest absolute Gasteiger partial charge is 0.416 e. The van der Waals surface area contributed by atoms with Crippen molar-refractivity contribution in [2.45, 2.75) is 19.6 Å². The molecule has 1 aromatic heterocycles. The van der Waals surface area contributed by atoms with Gasteiger partial charge in [0, 0.05) is 84.7 Å². The first-order valence-corrected chi connectivity index (χ1v) is 15.7. The van der Waals surface area contributed by atoms with Crippen LogP contribution >= 0.6 is 23.2 Å². The summed E-state index contributed by atoms with van der Waals surface area (Å²) in [5.74, 6) is 6.35. The number of methoxy groups -OCH3 is 2. The summed E-state index contributed by atoms with van der Waals surface area (Å²) in [6, 6.07) is 12.2. The van der Waals surface area contributed by atoms with Gasteiger partial charge < -0.3 is 19.7 Å². The van der Waals surface area contributed by atoms with E-state index in [9.17, 15) is 18.0 Å². The predicted octanol–water partition coefficient (Wildman–Crippen LogP) is 7.80. The van der Waals surface area contributed by atoms with E-state index in [1.54, 1.807) is 42.7 Å². The number of hydrogen-bond acceptors (Lipinski definition) is 6. The Hall–Kier alpha value is -4.27. The molecule has 7 nitrogen and oxygen atoms in total. The largest absolute Gasteiger partial charge is 0.495 e. The number of pyridine rings is 1. The number of hydrogen-bond donors (Lipinski definition) is 1. The van der Waals surface area contributed by atoms with Crippen molar-refractivity contribution >= 4 is 34.8 Å². The second-order valence-corrected chi connectivity index (χ2v) is 12.2. The maximum Gasteiger partial charge on any atom is 0.416 e. The highest BCUT2D eigenvalue weighted by Gasteiger charge is 2.34. The Morgan fingerprint density at radius 3 is 2.27 bits per heavy atom. The molecule has 1 fully saturated rings. The van der Waals surface area contributed by atoms with E-state index in [0.29, 0.717) is 46.8 Å². The lowest BCUT2D eigenvalue weighted by Crippen LogP contribution is -2.44. The highest BCUT2D eigenvalue weighted by Crippen LogP contribution is 2.45. The maximum atomic E-state index is 14.1. The summed E-state index contributed by atoms with van der Waals surface area (Å²) in [4.78, 5) is 21.7. The average molecular weight is 698 g/mol. The van der Waals surface area contributed by atoms with Crippen molar-refractivity contribution in [3.63, 3.8) is 0 Å². The first kappa shape index (κ1) is 35.0. The van der Waals surface area contributed by atoms with Crippen molar-refractivity contribution in [2.75, 3.05) is 52.8 Å². The van der Waals surface area contributed by atoms with Gasteiger partial charge in [0.2, 0.25) is 0 Å². The number of carbonyl (C=O) groups is 1. The van der Waals surface area contributed by atoms with Crippen LogP contribution in [0.15, 0.2) is 60.9 Å². The third-order valence-electron chi connectivity index (χ3n) is 8.10. The van der Waals surface area contributed by atoms with Crippen molar-refractivity contribution in [3.05, 3.63) is 104 Å². The van der Waals surface area contributed by atoms with Gasteiger partial charge in [-0.15, -0.1) is 0 Å². The van der Waals surface area contributed by atoms with Crippen LogP contribution in [0.1, 0.15) is 38.2 Å². The van der Waals surface area contributed by atoms with Gasteiger partial charge in [0.1, 0.15) is 11.5 Å². The van der Waals surface area contributed by atoms with Crippen molar-refractivity contribution in [1.29, 1.82) is 0 Å². The highest BCUT2D eigenvalue weighted by molar-refractivity contribution is 6.41. The molecule has 1 aliphatic rings. The molecule has 48 heavy (non-hydrogen) atoms. The van der Waals surface area contributed by atoms with Crippen LogP contribution in [0.4, 0.5) is 18.9 Å². The highest BCUT2D eigenvalue weighted by atomic mass is 35.5. The third kappa shape index (κ3) is 8.05. The zero-order chi connectivity index (χ0) is 34.6. The van der Waals surface area contributed by atoms with Crippen LogP contribution in [-0.2, 0) is 12.7 Å². The number of likely N-dealkylation sites (N-methyl/N-ethyl adjacent to an activating group) is 1. The predicted molar refractivity (Wildman–Crippen MR) is 182 cm³/mol. The molecule has 1 N–H and O–H groups in total. The van der Waals surface area contributed by atoms with Crippen molar-refractivity contribution < 1.29 is 27.4 Å². The summed E-state index contributed by atoms with van der Waals surface area (Å²) in [5.41, 5.74) is 2.68. The van der Waals surface area contributed by atoms with Crippen molar-refractivity contribution in [1.82, 2.24) is 14.8 Å². The molecule has 1 aliphatic heterocycles. The number of nitrogens with one attached hydrogen (secondary N) is 1.